The number of halogens is 2. The lowest BCUT2D eigenvalue weighted by Gasteiger charge is -2.22. The minimum atomic E-state index is -0.788. The van der Waals surface area contributed by atoms with E-state index >= 15 is 0 Å². The van der Waals surface area contributed by atoms with Crippen molar-refractivity contribution in [3.63, 3.8) is 0 Å². The number of thioether (sulfide) groups is 1. The van der Waals surface area contributed by atoms with Crippen molar-refractivity contribution >= 4 is 11.8 Å². The predicted octanol–water partition coefficient (Wildman–Crippen LogP) is 3.20. The van der Waals surface area contributed by atoms with Crippen LogP contribution in [-0.2, 0) is 6.54 Å². The second kappa shape index (κ2) is 5.64. The van der Waals surface area contributed by atoms with Crippen LogP contribution in [-0.4, -0.2) is 17.5 Å². The Morgan fingerprint density at radius 2 is 2.00 bits per heavy atom. The highest BCUT2D eigenvalue weighted by atomic mass is 32.2. The summed E-state index contributed by atoms with van der Waals surface area (Å²) < 4.78 is 26.3. The monoisotopic (exact) mass is 245 g/mol. The Kier molecular flexibility index (Phi) is 4.74. The summed E-state index contributed by atoms with van der Waals surface area (Å²) in [5.41, 5.74) is 0.372. The molecule has 0 fully saturated rings. The van der Waals surface area contributed by atoms with Crippen molar-refractivity contribution in [2.24, 2.45) is 0 Å². The van der Waals surface area contributed by atoms with Crippen LogP contribution in [0.2, 0.25) is 0 Å². The predicted molar refractivity (Wildman–Crippen MR) is 65.7 cm³/mol. The second-order valence-electron chi connectivity index (χ2n) is 4.28. The van der Waals surface area contributed by atoms with Gasteiger partial charge in [-0.1, -0.05) is 12.1 Å². The van der Waals surface area contributed by atoms with Gasteiger partial charge in [-0.3, -0.25) is 0 Å². The second-order valence-corrected chi connectivity index (χ2v) is 5.79. The van der Waals surface area contributed by atoms with Crippen LogP contribution in [0.4, 0.5) is 8.78 Å². The van der Waals surface area contributed by atoms with E-state index in [1.807, 2.05) is 6.26 Å². The van der Waals surface area contributed by atoms with Crippen LogP contribution in [0.25, 0.3) is 0 Å². The molecule has 1 N–H and O–H groups in total. The highest BCUT2D eigenvalue weighted by Crippen LogP contribution is 2.20. The Morgan fingerprint density at radius 1 is 1.31 bits per heavy atom. The molecule has 0 aliphatic rings. The van der Waals surface area contributed by atoms with Crippen LogP contribution < -0.4 is 5.32 Å². The molecule has 0 aliphatic heterocycles. The summed E-state index contributed by atoms with van der Waals surface area (Å²) in [6.45, 7) is 5.32. The van der Waals surface area contributed by atoms with Gasteiger partial charge < -0.3 is 5.32 Å². The zero-order valence-corrected chi connectivity index (χ0v) is 10.6. The first kappa shape index (κ1) is 13.5. The Morgan fingerprint density at radius 3 is 2.62 bits per heavy atom. The van der Waals surface area contributed by atoms with Gasteiger partial charge in [0.05, 0.1) is 0 Å². The molecule has 0 unspecified atom stereocenters. The van der Waals surface area contributed by atoms with E-state index in [1.165, 1.54) is 6.07 Å². The summed E-state index contributed by atoms with van der Waals surface area (Å²) in [5.74, 6) is -1.54. The van der Waals surface area contributed by atoms with Crippen molar-refractivity contribution in [2.45, 2.75) is 25.1 Å². The third-order valence-corrected chi connectivity index (χ3v) is 3.70. The fraction of sp³-hybridized carbons (Fsp3) is 0.500. The number of hydrogen-bond donors (Lipinski definition) is 1. The van der Waals surface area contributed by atoms with Gasteiger partial charge >= 0.3 is 0 Å². The standard InChI is InChI=1S/C12H17F2NS/c1-12(2,16-3)8-15-7-9-5-4-6-10(13)11(9)14/h4-6,15H,7-8H2,1-3H3. The minimum Gasteiger partial charge on any atom is -0.311 e. The maximum Gasteiger partial charge on any atom is 0.163 e. The molecule has 0 bridgehead atoms. The van der Waals surface area contributed by atoms with Crippen molar-refractivity contribution in [1.29, 1.82) is 0 Å². The summed E-state index contributed by atoms with van der Waals surface area (Å²) in [7, 11) is 0. The summed E-state index contributed by atoms with van der Waals surface area (Å²) in [6, 6.07) is 4.25. The Bertz CT molecular complexity index is 353. The third-order valence-electron chi connectivity index (χ3n) is 2.45. The first-order chi connectivity index (χ1) is 7.46. The molecule has 1 rings (SSSR count). The molecule has 0 amide bonds. The van der Waals surface area contributed by atoms with Gasteiger partial charge in [0.2, 0.25) is 0 Å². The van der Waals surface area contributed by atoms with Gasteiger partial charge in [-0.15, -0.1) is 0 Å². The summed E-state index contributed by atoms with van der Waals surface area (Å²) in [4.78, 5) is 0. The molecule has 1 aromatic carbocycles. The average molecular weight is 245 g/mol. The number of benzene rings is 1. The van der Waals surface area contributed by atoms with Crippen LogP contribution in [0.15, 0.2) is 18.2 Å². The highest BCUT2D eigenvalue weighted by molar-refractivity contribution is 7.99. The molecule has 0 atom stereocenters. The van der Waals surface area contributed by atoms with E-state index in [0.717, 1.165) is 12.6 Å². The molecule has 0 spiro atoms. The quantitative estimate of drug-likeness (QED) is 0.855. The lowest BCUT2D eigenvalue weighted by molar-refractivity contribution is 0.489. The maximum absolute atomic E-state index is 13.3. The Hall–Kier alpha value is -0.610. The SMILES string of the molecule is CSC(C)(C)CNCc1cccc(F)c1F. The molecule has 0 aromatic heterocycles. The van der Waals surface area contributed by atoms with Crippen LogP contribution in [0.1, 0.15) is 19.4 Å². The van der Waals surface area contributed by atoms with Gasteiger partial charge in [0.1, 0.15) is 0 Å². The van der Waals surface area contributed by atoms with Gasteiger partial charge in [0.15, 0.2) is 11.6 Å². The molecular weight excluding hydrogens is 228 g/mol. The lowest BCUT2D eigenvalue weighted by atomic mass is 10.1. The normalized spacial score (nSPS) is 11.8. The minimum absolute atomic E-state index is 0.101. The third kappa shape index (κ3) is 3.76. The Labute approximate surface area is 99.6 Å². The van der Waals surface area contributed by atoms with Crippen molar-refractivity contribution < 1.29 is 8.78 Å². The summed E-state index contributed by atoms with van der Waals surface area (Å²) in [6.07, 6.45) is 2.03. The molecule has 0 aliphatic carbocycles. The van der Waals surface area contributed by atoms with E-state index in [4.69, 9.17) is 0 Å². The number of rotatable bonds is 5. The molecule has 1 nitrogen and oxygen atoms in total. The topological polar surface area (TPSA) is 12.0 Å². The highest BCUT2D eigenvalue weighted by Gasteiger charge is 2.15. The molecular formula is C12H17F2NS. The molecule has 0 radical (unpaired) electrons. The van der Waals surface area contributed by atoms with E-state index in [0.29, 0.717) is 12.1 Å². The fourth-order valence-electron chi connectivity index (χ4n) is 1.26. The van der Waals surface area contributed by atoms with Gasteiger partial charge in [-0.05, 0) is 26.2 Å². The lowest BCUT2D eigenvalue weighted by Crippen LogP contribution is -2.31. The van der Waals surface area contributed by atoms with E-state index < -0.39 is 11.6 Å². The van der Waals surface area contributed by atoms with Gasteiger partial charge in [-0.2, -0.15) is 11.8 Å². The van der Waals surface area contributed by atoms with Crippen molar-refractivity contribution in [3.8, 4) is 0 Å². The molecule has 0 heterocycles. The van der Waals surface area contributed by atoms with Crippen molar-refractivity contribution in [1.82, 2.24) is 5.32 Å². The fourth-order valence-corrected chi connectivity index (χ4v) is 1.50. The van der Waals surface area contributed by atoms with E-state index in [9.17, 15) is 8.78 Å². The maximum atomic E-state index is 13.3. The molecule has 1 aromatic rings. The first-order valence-electron chi connectivity index (χ1n) is 5.15. The number of nitrogens with one attached hydrogen (secondary N) is 1. The zero-order chi connectivity index (χ0) is 12.2. The van der Waals surface area contributed by atoms with Gasteiger partial charge in [0.25, 0.3) is 0 Å². The number of hydrogen-bond acceptors (Lipinski definition) is 2. The van der Waals surface area contributed by atoms with Crippen LogP contribution in [0, 0.1) is 11.6 Å². The average Bonchev–Trinajstić information content (AvgIpc) is 2.24. The van der Waals surface area contributed by atoms with Crippen LogP contribution in [0.3, 0.4) is 0 Å². The molecule has 0 saturated carbocycles. The summed E-state index contributed by atoms with van der Waals surface area (Å²) in [5, 5.41) is 3.13. The van der Waals surface area contributed by atoms with E-state index in [2.05, 4.69) is 19.2 Å². The molecule has 16 heavy (non-hydrogen) atoms. The molecule has 90 valence electrons. The largest absolute Gasteiger partial charge is 0.311 e. The van der Waals surface area contributed by atoms with Gasteiger partial charge in [-0.25, -0.2) is 8.78 Å². The smallest absolute Gasteiger partial charge is 0.163 e. The van der Waals surface area contributed by atoms with Crippen molar-refractivity contribution in [2.75, 3.05) is 12.8 Å². The molecule has 0 saturated heterocycles. The van der Waals surface area contributed by atoms with Crippen LogP contribution >= 0.6 is 11.8 Å². The van der Waals surface area contributed by atoms with E-state index in [-0.39, 0.29) is 4.75 Å². The summed E-state index contributed by atoms with van der Waals surface area (Å²) >= 11 is 1.74. The van der Waals surface area contributed by atoms with E-state index in [1.54, 1.807) is 17.8 Å². The Balaban J connectivity index is 2.53. The van der Waals surface area contributed by atoms with Gasteiger partial charge in [0, 0.05) is 23.4 Å². The molecule has 4 heteroatoms. The zero-order valence-electron chi connectivity index (χ0n) is 9.81. The van der Waals surface area contributed by atoms with Crippen molar-refractivity contribution in [3.05, 3.63) is 35.4 Å². The first-order valence-corrected chi connectivity index (χ1v) is 6.37. The van der Waals surface area contributed by atoms with Crippen LogP contribution in [0.5, 0.6) is 0 Å².